The predicted octanol–water partition coefficient (Wildman–Crippen LogP) is 4.06. The average Bonchev–Trinajstić information content (AvgIpc) is 2.65. The van der Waals surface area contributed by atoms with Gasteiger partial charge in [-0.1, -0.05) is 25.6 Å². The predicted molar refractivity (Wildman–Crippen MR) is 98.5 cm³/mol. The Morgan fingerprint density at radius 3 is 2.52 bits per heavy atom. The van der Waals surface area contributed by atoms with E-state index in [1.807, 2.05) is 19.1 Å². The van der Waals surface area contributed by atoms with Crippen molar-refractivity contribution in [1.82, 2.24) is 0 Å². The number of benzene rings is 2. The van der Waals surface area contributed by atoms with Crippen molar-refractivity contribution >= 4 is 11.6 Å². The molecule has 0 aromatic heterocycles. The van der Waals surface area contributed by atoms with Crippen molar-refractivity contribution in [1.29, 1.82) is 0 Å². The fraction of sp³-hybridized carbons (Fsp3) is 0.250. The zero-order valence-electron chi connectivity index (χ0n) is 14.5. The first-order valence-electron chi connectivity index (χ1n) is 8.11. The first-order chi connectivity index (χ1) is 12.2. The maximum Gasteiger partial charge on any atom is 0.265 e. The van der Waals surface area contributed by atoms with Gasteiger partial charge < -0.3 is 19.5 Å². The molecule has 2 rings (SSSR count). The van der Waals surface area contributed by atoms with E-state index in [4.69, 9.17) is 14.2 Å². The van der Waals surface area contributed by atoms with Gasteiger partial charge in [0.05, 0.1) is 7.11 Å². The number of ether oxygens (including phenoxy) is 3. The van der Waals surface area contributed by atoms with Crippen LogP contribution in [0.1, 0.15) is 13.3 Å². The van der Waals surface area contributed by atoms with Gasteiger partial charge in [0.1, 0.15) is 23.9 Å². The summed E-state index contributed by atoms with van der Waals surface area (Å²) in [6.07, 6.45) is 1.63. The summed E-state index contributed by atoms with van der Waals surface area (Å²) < 4.78 is 16.4. The van der Waals surface area contributed by atoms with Crippen LogP contribution in [-0.4, -0.2) is 25.7 Å². The lowest BCUT2D eigenvalue weighted by atomic mass is 10.2. The van der Waals surface area contributed by atoms with Crippen molar-refractivity contribution < 1.29 is 19.0 Å². The zero-order valence-corrected chi connectivity index (χ0v) is 14.5. The molecule has 0 bridgehead atoms. The molecule has 0 spiro atoms. The zero-order chi connectivity index (χ0) is 18.1. The fourth-order valence-electron chi connectivity index (χ4n) is 2.17. The number of rotatable bonds is 9. The van der Waals surface area contributed by atoms with E-state index in [0.717, 1.165) is 5.75 Å². The third-order valence-corrected chi connectivity index (χ3v) is 3.47. The Morgan fingerprint density at radius 1 is 1.16 bits per heavy atom. The number of amides is 1. The van der Waals surface area contributed by atoms with E-state index in [-0.39, 0.29) is 5.91 Å². The molecule has 0 aliphatic heterocycles. The lowest BCUT2D eigenvalue weighted by Crippen LogP contribution is -2.32. The minimum atomic E-state index is -0.594. The van der Waals surface area contributed by atoms with Gasteiger partial charge in [-0.3, -0.25) is 4.79 Å². The van der Waals surface area contributed by atoms with Crippen molar-refractivity contribution in [2.24, 2.45) is 0 Å². The first-order valence-corrected chi connectivity index (χ1v) is 8.11. The number of hydrogen-bond acceptors (Lipinski definition) is 4. The van der Waals surface area contributed by atoms with Crippen molar-refractivity contribution in [2.75, 3.05) is 19.0 Å². The largest absolute Gasteiger partial charge is 0.497 e. The molecule has 0 radical (unpaired) electrons. The molecule has 0 aliphatic carbocycles. The SMILES string of the molecule is C=CCOc1ccc(NC(=O)C(CC)Oc2cccc(OC)c2)cc1. The third kappa shape index (κ3) is 5.57. The summed E-state index contributed by atoms with van der Waals surface area (Å²) in [6.45, 7) is 5.94. The standard InChI is InChI=1S/C20H23NO4/c1-4-13-24-16-11-9-15(10-12-16)21-20(22)19(5-2)25-18-8-6-7-17(14-18)23-3/h4,6-12,14,19H,1,5,13H2,2-3H3,(H,21,22). The number of carbonyl (C=O) groups excluding carboxylic acids is 1. The molecule has 0 saturated heterocycles. The summed E-state index contributed by atoms with van der Waals surface area (Å²) in [5.74, 6) is 1.79. The molecular formula is C20H23NO4. The van der Waals surface area contributed by atoms with Gasteiger partial charge in [0.2, 0.25) is 0 Å². The molecule has 0 fully saturated rings. The van der Waals surface area contributed by atoms with E-state index in [0.29, 0.717) is 30.2 Å². The second-order valence-corrected chi connectivity index (χ2v) is 5.31. The lowest BCUT2D eigenvalue weighted by molar-refractivity contribution is -0.122. The molecule has 25 heavy (non-hydrogen) atoms. The molecule has 1 amide bonds. The minimum Gasteiger partial charge on any atom is -0.497 e. The maximum atomic E-state index is 12.4. The molecule has 1 atom stereocenters. The Kier molecular flexibility index (Phi) is 6.89. The molecule has 0 heterocycles. The molecule has 1 N–H and O–H groups in total. The van der Waals surface area contributed by atoms with Crippen molar-refractivity contribution in [3.05, 3.63) is 61.2 Å². The molecule has 0 saturated carbocycles. The van der Waals surface area contributed by atoms with Crippen LogP contribution in [0.4, 0.5) is 5.69 Å². The van der Waals surface area contributed by atoms with Gasteiger partial charge in [0.15, 0.2) is 6.10 Å². The molecule has 5 heteroatoms. The topological polar surface area (TPSA) is 56.8 Å². The summed E-state index contributed by atoms with van der Waals surface area (Å²) in [4.78, 5) is 12.4. The van der Waals surface area contributed by atoms with Crippen LogP contribution in [-0.2, 0) is 4.79 Å². The minimum absolute atomic E-state index is 0.204. The van der Waals surface area contributed by atoms with Gasteiger partial charge >= 0.3 is 0 Å². The average molecular weight is 341 g/mol. The van der Waals surface area contributed by atoms with Crippen molar-refractivity contribution in [2.45, 2.75) is 19.4 Å². The molecule has 5 nitrogen and oxygen atoms in total. The molecule has 1 unspecified atom stereocenters. The van der Waals surface area contributed by atoms with E-state index in [1.54, 1.807) is 49.6 Å². The van der Waals surface area contributed by atoms with Crippen LogP contribution in [0.5, 0.6) is 17.2 Å². The van der Waals surface area contributed by atoms with Crippen LogP contribution < -0.4 is 19.5 Å². The van der Waals surface area contributed by atoms with Crippen molar-refractivity contribution in [3.63, 3.8) is 0 Å². The summed E-state index contributed by atoms with van der Waals surface area (Å²) in [5.41, 5.74) is 0.684. The monoisotopic (exact) mass is 341 g/mol. The normalized spacial score (nSPS) is 11.3. The van der Waals surface area contributed by atoms with Gasteiger partial charge in [0.25, 0.3) is 5.91 Å². The second-order valence-electron chi connectivity index (χ2n) is 5.31. The highest BCUT2D eigenvalue weighted by Crippen LogP contribution is 2.21. The smallest absolute Gasteiger partial charge is 0.265 e. The number of carbonyl (C=O) groups is 1. The number of anilines is 1. The van der Waals surface area contributed by atoms with Crippen LogP contribution in [0, 0.1) is 0 Å². The lowest BCUT2D eigenvalue weighted by Gasteiger charge is -2.18. The molecule has 2 aromatic rings. The first kappa shape index (κ1) is 18.4. The van der Waals surface area contributed by atoms with Gasteiger partial charge in [-0.2, -0.15) is 0 Å². The Morgan fingerprint density at radius 2 is 1.88 bits per heavy atom. The summed E-state index contributed by atoms with van der Waals surface area (Å²) in [5, 5.41) is 2.85. The molecular weight excluding hydrogens is 318 g/mol. The molecule has 0 aliphatic rings. The van der Waals surface area contributed by atoms with E-state index in [1.165, 1.54) is 0 Å². The number of nitrogens with one attached hydrogen (secondary N) is 1. The van der Waals surface area contributed by atoms with Gasteiger partial charge in [0, 0.05) is 11.8 Å². The fourth-order valence-corrected chi connectivity index (χ4v) is 2.17. The van der Waals surface area contributed by atoms with Crippen LogP contribution in [0.15, 0.2) is 61.2 Å². The van der Waals surface area contributed by atoms with Gasteiger partial charge in [-0.25, -0.2) is 0 Å². The van der Waals surface area contributed by atoms with Gasteiger partial charge in [-0.15, -0.1) is 0 Å². The van der Waals surface area contributed by atoms with Crippen LogP contribution in [0.2, 0.25) is 0 Å². The Balaban J connectivity index is 1.98. The molecule has 2 aromatic carbocycles. The van der Waals surface area contributed by atoms with Crippen LogP contribution >= 0.6 is 0 Å². The Labute approximate surface area is 148 Å². The molecule has 132 valence electrons. The van der Waals surface area contributed by atoms with E-state index in [2.05, 4.69) is 11.9 Å². The van der Waals surface area contributed by atoms with E-state index in [9.17, 15) is 4.79 Å². The maximum absolute atomic E-state index is 12.4. The van der Waals surface area contributed by atoms with E-state index < -0.39 is 6.10 Å². The summed E-state index contributed by atoms with van der Waals surface area (Å²) >= 11 is 0. The highest BCUT2D eigenvalue weighted by atomic mass is 16.5. The van der Waals surface area contributed by atoms with Gasteiger partial charge in [-0.05, 0) is 42.8 Å². The third-order valence-electron chi connectivity index (χ3n) is 3.47. The second kappa shape index (κ2) is 9.37. The van der Waals surface area contributed by atoms with Crippen LogP contribution in [0.3, 0.4) is 0 Å². The quantitative estimate of drug-likeness (QED) is 0.699. The Hall–Kier alpha value is -2.95. The highest BCUT2D eigenvalue weighted by Gasteiger charge is 2.18. The van der Waals surface area contributed by atoms with E-state index >= 15 is 0 Å². The Bertz CT molecular complexity index is 697. The number of hydrogen-bond donors (Lipinski definition) is 1. The van der Waals surface area contributed by atoms with Crippen LogP contribution in [0.25, 0.3) is 0 Å². The summed E-state index contributed by atoms with van der Waals surface area (Å²) in [6, 6.07) is 14.4. The summed E-state index contributed by atoms with van der Waals surface area (Å²) in [7, 11) is 1.59. The number of methoxy groups -OCH3 is 1. The van der Waals surface area contributed by atoms with Crippen molar-refractivity contribution in [3.8, 4) is 17.2 Å². The highest BCUT2D eigenvalue weighted by molar-refractivity contribution is 5.94.